The van der Waals surface area contributed by atoms with E-state index in [-0.39, 0.29) is 0 Å². The van der Waals surface area contributed by atoms with Crippen LogP contribution in [-0.4, -0.2) is 4.98 Å². The van der Waals surface area contributed by atoms with Gasteiger partial charge in [0.15, 0.2) is 0 Å². The first-order valence-corrected chi connectivity index (χ1v) is 5.33. The zero-order valence-electron chi connectivity index (χ0n) is 9.82. The van der Waals surface area contributed by atoms with E-state index in [1.54, 1.807) is 0 Å². The van der Waals surface area contributed by atoms with Crippen LogP contribution in [0, 0.1) is 20.8 Å². The molecule has 0 N–H and O–H groups in total. The Kier molecular flexibility index (Phi) is 2.91. The fourth-order valence-corrected chi connectivity index (χ4v) is 1.53. The van der Waals surface area contributed by atoms with Gasteiger partial charge in [0.05, 0.1) is 0 Å². The second-order valence-corrected chi connectivity index (χ2v) is 4.05. The average Bonchev–Trinajstić information content (AvgIpc) is 2.25. The van der Waals surface area contributed by atoms with Gasteiger partial charge in [0, 0.05) is 11.8 Å². The van der Waals surface area contributed by atoms with Crippen molar-refractivity contribution in [2.24, 2.45) is 0 Å². The van der Waals surface area contributed by atoms with Gasteiger partial charge in [-0.25, -0.2) is 4.98 Å². The van der Waals surface area contributed by atoms with Gasteiger partial charge in [-0.1, -0.05) is 17.7 Å². The monoisotopic (exact) mass is 213 g/mol. The van der Waals surface area contributed by atoms with Crippen LogP contribution in [0.2, 0.25) is 0 Å². The quantitative estimate of drug-likeness (QED) is 0.757. The number of nitrogens with zero attached hydrogens (tertiary/aromatic N) is 1. The Hall–Kier alpha value is -1.83. The summed E-state index contributed by atoms with van der Waals surface area (Å²) in [5, 5.41) is 0. The molecule has 0 spiro atoms. The van der Waals surface area contributed by atoms with Crippen LogP contribution in [0.3, 0.4) is 0 Å². The largest absolute Gasteiger partial charge is 0.439 e. The Labute approximate surface area is 95.9 Å². The first-order chi connectivity index (χ1) is 7.65. The smallest absolute Gasteiger partial charge is 0.222 e. The molecule has 1 aromatic heterocycles. The first kappa shape index (κ1) is 10.7. The van der Waals surface area contributed by atoms with Crippen molar-refractivity contribution in [3.05, 3.63) is 53.2 Å². The van der Waals surface area contributed by atoms with Crippen LogP contribution in [0.1, 0.15) is 16.7 Å². The summed E-state index contributed by atoms with van der Waals surface area (Å²) in [6, 6.07) is 10.0. The van der Waals surface area contributed by atoms with Crippen LogP contribution < -0.4 is 4.74 Å². The maximum atomic E-state index is 5.71. The molecule has 82 valence electrons. The molecule has 0 saturated heterocycles. The van der Waals surface area contributed by atoms with Crippen molar-refractivity contribution in [2.45, 2.75) is 20.8 Å². The van der Waals surface area contributed by atoms with Crippen molar-refractivity contribution in [1.29, 1.82) is 0 Å². The highest BCUT2D eigenvalue weighted by atomic mass is 16.5. The molecule has 0 atom stereocenters. The first-order valence-electron chi connectivity index (χ1n) is 5.33. The van der Waals surface area contributed by atoms with Gasteiger partial charge in [0.25, 0.3) is 0 Å². The Morgan fingerprint density at radius 1 is 0.938 bits per heavy atom. The van der Waals surface area contributed by atoms with Gasteiger partial charge in [-0.15, -0.1) is 0 Å². The number of aromatic nitrogens is 1. The lowest BCUT2D eigenvalue weighted by molar-refractivity contribution is 0.458. The Morgan fingerprint density at radius 2 is 1.62 bits per heavy atom. The molecule has 0 amide bonds. The van der Waals surface area contributed by atoms with Gasteiger partial charge in [-0.2, -0.15) is 0 Å². The fraction of sp³-hybridized carbons (Fsp3) is 0.214. The summed E-state index contributed by atoms with van der Waals surface area (Å²) >= 11 is 0. The molecule has 1 heterocycles. The third kappa shape index (κ3) is 2.40. The standard InChI is InChI=1S/C14H15NO/c1-10-4-6-13(7-5-10)16-14-12(3)8-11(2)9-15-14/h4-9H,1-3H3. The molecular weight excluding hydrogens is 198 g/mol. The van der Waals surface area contributed by atoms with Crippen LogP contribution in [0.5, 0.6) is 11.6 Å². The summed E-state index contributed by atoms with van der Waals surface area (Å²) in [4.78, 5) is 4.27. The fourth-order valence-electron chi connectivity index (χ4n) is 1.53. The molecule has 0 fully saturated rings. The second-order valence-electron chi connectivity index (χ2n) is 4.05. The van der Waals surface area contributed by atoms with Crippen LogP contribution in [0.25, 0.3) is 0 Å². The number of aryl methyl sites for hydroxylation is 3. The zero-order chi connectivity index (χ0) is 11.5. The minimum Gasteiger partial charge on any atom is -0.439 e. The molecular formula is C14H15NO. The number of rotatable bonds is 2. The van der Waals surface area contributed by atoms with Crippen LogP contribution in [0.15, 0.2) is 36.5 Å². The number of ether oxygens (including phenoxy) is 1. The molecule has 16 heavy (non-hydrogen) atoms. The molecule has 0 radical (unpaired) electrons. The molecule has 0 unspecified atom stereocenters. The topological polar surface area (TPSA) is 22.1 Å². The molecule has 0 aliphatic heterocycles. The number of pyridine rings is 1. The van der Waals surface area contributed by atoms with E-state index in [4.69, 9.17) is 4.74 Å². The van der Waals surface area contributed by atoms with Gasteiger partial charge in [-0.3, -0.25) is 0 Å². The van der Waals surface area contributed by atoms with E-state index in [1.165, 1.54) is 5.56 Å². The molecule has 2 heteroatoms. The normalized spacial score (nSPS) is 10.2. The molecule has 1 aromatic carbocycles. The summed E-state index contributed by atoms with van der Waals surface area (Å²) < 4.78 is 5.71. The summed E-state index contributed by atoms with van der Waals surface area (Å²) in [7, 11) is 0. The van der Waals surface area contributed by atoms with E-state index in [2.05, 4.69) is 18.0 Å². The lowest BCUT2D eigenvalue weighted by atomic mass is 10.2. The van der Waals surface area contributed by atoms with Crippen molar-refractivity contribution >= 4 is 0 Å². The van der Waals surface area contributed by atoms with Gasteiger partial charge < -0.3 is 4.74 Å². The van der Waals surface area contributed by atoms with Gasteiger partial charge in [0.2, 0.25) is 5.88 Å². The summed E-state index contributed by atoms with van der Waals surface area (Å²) in [6.45, 7) is 6.08. The molecule has 2 aromatic rings. The van der Waals surface area contributed by atoms with E-state index in [0.29, 0.717) is 5.88 Å². The number of hydrogen-bond donors (Lipinski definition) is 0. The molecule has 2 nitrogen and oxygen atoms in total. The zero-order valence-corrected chi connectivity index (χ0v) is 9.82. The van der Waals surface area contributed by atoms with E-state index >= 15 is 0 Å². The van der Waals surface area contributed by atoms with E-state index in [1.807, 2.05) is 44.3 Å². The van der Waals surface area contributed by atoms with Gasteiger partial charge in [0.1, 0.15) is 5.75 Å². The molecule has 0 aliphatic rings. The van der Waals surface area contributed by atoms with Crippen molar-refractivity contribution in [2.75, 3.05) is 0 Å². The molecule has 0 saturated carbocycles. The maximum absolute atomic E-state index is 5.71. The molecule has 0 aliphatic carbocycles. The highest BCUT2D eigenvalue weighted by Crippen LogP contribution is 2.23. The third-order valence-electron chi connectivity index (χ3n) is 2.40. The Morgan fingerprint density at radius 3 is 2.25 bits per heavy atom. The van der Waals surface area contributed by atoms with Crippen LogP contribution in [-0.2, 0) is 0 Å². The lowest BCUT2D eigenvalue weighted by Crippen LogP contribution is -1.91. The van der Waals surface area contributed by atoms with Crippen molar-refractivity contribution in [3.63, 3.8) is 0 Å². The highest BCUT2D eigenvalue weighted by Gasteiger charge is 2.02. The summed E-state index contributed by atoms with van der Waals surface area (Å²) in [5.74, 6) is 1.50. The van der Waals surface area contributed by atoms with Crippen molar-refractivity contribution in [1.82, 2.24) is 4.98 Å². The molecule has 2 rings (SSSR count). The maximum Gasteiger partial charge on any atom is 0.222 e. The summed E-state index contributed by atoms with van der Waals surface area (Å²) in [5.41, 5.74) is 3.43. The minimum atomic E-state index is 0.675. The number of benzene rings is 1. The highest BCUT2D eigenvalue weighted by molar-refractivity contribution is 5.34. The third-order valence-corrected chi connectivity index (χ3v) is 2.40. The van der Waals surface area contributed by atoms with E-state index < -0.39 is 0 Å². The summed E-state index contributed by atoms with van der Waals surface area (Å²) in [6.07, 6.45) is 1.82. The number of hydrogen-bond acceptors (Lipinski definition) is 2. The Balaban J connectivity index is 2.23. The van der Waals surface area contributed by atoms with E-state index in [9.17, 15) is 0 Å². The average molecular weight is 213 g/mol. The molecule has 0 bridgehead atoms. The SMILES string of the molecule is Cc1ccc(Oc2ncc(C)cc2C)cc1. The predicted octanol–water partition coefficient (Wildman–Crippen LogP) is 3.80. The predicted molar refractivity (Wildman–Crippen MR) is 65.0 cm³/mol. The van der Waals surface area contributed by atoms with E-state index in [0.717, 1.165) is 16.9 Å². The van der Waals surface area contributed by atoms with Crippen LogP contribution >= 0.6 is 0 Å². The van der Waals surface area contributed by atoms with Gasteiger partial charge in [-0.05, 0) is 44.5 Å². The van der Waals surface area contributed by atoms with Crippen molar-refractivity contribution in [3.8, 4) is 11.6 Å². The van der Waals surface area contributed by atoms with Crippen molar-refractivity contribution < 1.29 is 4.74 Å². The second kappa shape index (κ2) is 4.35. The lowest BCUT2D eigenvalue weighted by Gasteiger charge is -2.07. The minimum absolute atomic E-state index is 0.675. The van der Waals surface area contributed by atoms with Gasteiger partial charge >= 0.3 is 0 Å². The van der Waals surface area contributed by atoms with Crippen LogP contribution in [0.4, 0.5) is 0 Å². The Bertz CT molecular complexity index is 489.